The van der Waals surface area contributed by atoms with Gasteiger partial charge in [0.05, 0.1) is 17.0 Å². The van der Waals surface area contributed by atoms with E-state index in [0.29, 0.717) is 34.3 Å². The summed E-state index contributed by atoms with van der Waals surface area (Å²) in [6, 6.07) is 8.94. The zero-order chi connectivity index (χ0) is 24.0. The maximum Gasteiger partial charge on any atom is 0.240 e. The second kappa shape index (κ2) is 11.0. The Morgan fingerprint density at radius 3 is 2.58 bits per heavy atom. The number of nitrogens with zero attached hydrogens (tertiary/aromatic N) is 5. The SMILES string of the molecule is [C-]#[N+]c1c(N2CCCN(C)CC2)nc(SCc2ccc(S(=O)(=O)NC)cc2)c(C#N)c1CC. The topological polar surface area (TPSA) is 93.7 Å². The molecule has 1 aliphatic rings. The van der Waals surface area contributed by atoms with Crippen LogP contribution in [0.15, 0.2) is 34.2 Å². The molecule has 1 saturated heterocycles. The standard InChI is InChI=1S/C23H28N6O2S2/c1-5-19-20(15-24)23(32-16-17-7-9-18(10-8-17)33(30,31)26-3)27-22(21(19)25-2)29-12-6-11-28(4)13-14-29/h7-10,26H,5-6,11-14,16H2,1,3-4H3. The summed E-state index contributed by atoms with van der Waals surface area (Å²) in [5.41, 5.74) is 2.60. The molecule has 0 unspecified atom stereocenters. The molecule has 0 spiro atoms. The van der Waals surface area contributed by atoms with Gasteiger partial charge >= 0.3 is 0 Å². The van der Waals surface area contributed by atoms with E-state index in [0.717, 1.165) is 43.7 Å². The smallest absolute Gasteiger partial charge is 0.240 e. The number of nitriles is 1. The quantitative estimate of drug-likeness (QED) is 0.475. The number of hydrogen-bond acceptors (Lipinski definition) is 7. The number of rotatable bonds is 7. The number of thioether (sulfide) groups is 1. The highest BCUT2D eigenvalue weighted by Crippen LogP contribution is 2.39. The lowest BCUT2D eigenvalue weighted by Crippen LogP contribution is -2.29. The molecule has 2 heterocycles. The predicted molar refractivity (Wildman–Crippen MR) is 131 cm³/mol. The fourth-order valence-electron chi connectivity index (χ4n) is 3.78. The van der Waals surface area contributed by atoms with E-state index in [9.17, 15) is 13.7 Å². The van der Waals surface area contributed by atoms with Gasteiger partial charge in [-0.05, 0) is 56.7 Å². The average molecular weight is 485 g/mol. The van der Waals surface area contributed by atoms with Crippen LogP contribution in [0.3, 0.4) is 0 Å². The third-order valence-electron chi connectivity index (χ3n) is 5.69. The summed E-state index contributed by atoms with van der Waals surface area (Å²) < 4.78 is 26.2. The van der Waals surface area contributed by atoms with Crippen LogP contribution < -0.4 is 9.62 Å². The van der Waals surface area contributed by atoms with Gasteiger partial charge < -0.3 is 9.80 Å². The van der Waals surface area contributed by atoms with Crippen LogP contribution in [0, 0.1) is 17.9 Å². The number of pyridine rings is 1. The van der Waals surface area contributed by atoms with Crippen molar-refractivity contribution < 1.29 is 8.42 Å². The van der Waals surface area contributed by atoms with Crippen molar-refractivity contribution in [2.24, 2.45) is 0 Å². The van der Waals surface area contributed by atoms with Crippen molar-refractivity contribution in [1.82, 2.24) is 14.6 Å². The lowest BCUT2D eigenvalue weighted by atomic mass is 10.1. The Labute approximate surface area is 200 Å². The highest BCUT2D eigenvalue weighted by molar-refractivity contribution is 7.98. The molecule has 1 N–H and O–H groups in total. The summed E-state index contributed by atoms with van der Waals surface area (Å²) in [7, 11) is -0.00802. The number of nitrogens with one attached hydrogen (secondary N) is 1. The lowest BCUT2D eigenvalue weighted by Gasteiger charge is -2.25. The molecular weight excluding hydrogens is 456 g/mol. The molecule has 2 aromatic rings. The molecule has 0 radical (unpaired) electrons. The monoisotopic (exact) mass is 484 g/mol. The maximum absolute atomic E-state index is 11.9. The number of likely N-dealkylation sites (N-methyl/N-ethyl adjacent to an activating group) is 1. The van der Waals surface area contributed by atoms with Gasteiger partial charge in [0.15, 0.2) is 0 Å². The minimum absolute atomic E-state index is 0.206. The molecule has 0 amide bonds. The van der Waals surface area contributed by atoms with Crippen molar-refractivity contribution in [3.05, 3.63) is 52.4 Å². The molecule has 3 rings (SSSR count). The van der Waals surface area contributed by atoms with Crippen molar-refractivity contribution in [3.8, 4) is 6.07 Å². The van der Waals surface area contributed by atoms with Crippen molar-refractivity contribution in [3.63, 3.8) is 0 Å². The van der Waals surface area contributed by atoms with Gasteiger partial charge in [0.2, 0.25) is 15.7 Å². The zero-order valence-electron chi connectivity index (χ0n) is 19.1. The first-order valence-corrected chi connectivity index (χ1v) is 13.2. The first-order chi connectivity index (χ1) is 15.8. The Kier molecular flexibility index (Phi) is 8.33. The van der Waals surface area contributed by atoms with Crippen molar-refractivity contribution >= 4 is 33.3 Å². The van der Waals surface area contributed by atoms with E-state index in [-0.39, 0.29) is 4.90 Å². The second-order valence-corrected chi connectivity index (χ2v) is 10.7. The lowest BCUT2D eigenvalue weighted by molar-refractivity contribution is 0.360. The van der Waals surface area contributed by atoms with Crippen LogP contribution in [0.4, 0.5) is 11.5 Å². The Bertz CT molecular complexity index is 1180. The Morgan fingerprint density at radius 2 is 1.97 bits per heavy atom. The number of aromatic nitrogens is 1. The maximum atomic E-state index is 11.9. The average Bonchev–Trinajstić information content (AvgIpc) is 3.05. The van der Waals surface area contributed by atoms with Crippen molar-refractivity contribution in [2.45, 2.75) is 35.4 Å². The van der Waals surface area contributed by atoms with E-state index >= 15 is 0 Å². The Balaban J connectivity index is 1.94. The van der Waals surface area contributed by atoms with E-state index in [2.05, 4.69) is 32.5 Å². The second-order valence-electron chi connectivity index (χ2n) is 7.80. The molecule has 8 nitrogen and oxygen atoms in total. The van der Waals surface area contributed by atoms with Crippen molar-refractivity contribution in [1.29, 1.82) is 5.26 Å². The molecule has 1 fully saturated rings. The molecule has 1 aromatic carbocycles. The number of hydrogen-bond donors (Lipinski definition) is 1. The van der Waals surface area contributed by atoms with Gasteiger partial charge in [-0.3, -0.25) is 0 Å². The third-order valence-corrected chi connectivity index (χ3v) is 8.17. The molecule has 10 heteroatoms. The molecule has 1 aliphatic heterocycles. The highest BCUT2D eigenvalue weighted by atomic mass is 32.2. The first-order valence-electron chi connectivity index (χ1n) is 10.8. The summed E-state index contributed by atoms with van der Waals surface area (Å²) in [6.45, 7) is 13.2. The van der Waals surface area contributed by atoms with Crippen LogP contribution in [-0.2, 0) is 22.2 Å². The minimum Gasteiger partial charge on any atom is -0.364 e. The summed E-state index contributed by atoms with van der Waals surface area (Å²) in [4.78, 5) is 13.3. The molecule has 33 heavy (non-hydrogen) atoms. The van der Waals surface area contributed by atoms with Crippen LogP contribution in [0.5, 0.6) is 0 Å². The molecule has 0 atom stereocenters. The van der Waals surface area contributed by atoms with E-state index in [1.165, 1.54) is 18.8 Å². The molecule has 0 saturated carbocycles. The van der Waals surface area contributed by atoms with Crippen LogP contribution in [0.1, 0.15) is 30.0 Å². The van der Waals surface area contributed by atoms with Gasteiger partial charge in [-0.15, -0.1) is 11.8 Å². The zero-order valence-corrected chi connectivity index (χ0v) is 20.8. The van der Waals surface area contributed by atoms with E-state index in [1.54, 1.807) is 24.3 Å². The summed E-state index contributed by atoms with van der Waals surface area (Å²) >= 11 is 1.44. The van der Waals surface area contributed by atoms with Gasteiger partial charge in [-0.25, -0.2) is 23.0 Å². The van der Waals surface area contributed by atoms with Crippen LogP contribution in [0.2, 0.25) is 0 Å². The molecular formula is C23H28N6O2S2. The fraction of sp³-hybridized carbons (Fsp3) is 0.435. The van der Waals surface area contributed by atoms with Gasteiger partial charge in [0.1, 0.15) is 16.9 Å². The predicted octanol–water partition coefficient (Wildman–Crippen LogP) is 3.41. The Hall–Kier alpha value is -2.63. The summed E-state index contributed by atoms with van der Waals surface area (Å²) in [6.07, 6.45) is 1.56. The van der Waals surface area contributed by atoms with Crippen LogP contribution >= 0.6 is 11.8 Å². The molecule has 0 aliphatic carbocycles. The Morgan fingerprint density at radius 1 is 1.24 bits per heavy atom. The van der Waals surface area contributed by atoms with Crippen molar-refractivity contribution in [2.75, 3.05) is 45.2 Å². The van der Waals surface area contributed by atoms with E-state index < -0.39 is 10.0 Å². The van der Waals surface area contributed by atoms with E-state index in [4.69, 9.17) is 11.6 Å². The van der Waals surface area contributed by atoms with Crippen LogP contribution in [-0.4, -0.2) is 58.6 Å². The number of benzene rings is 1. The fourth-order valence-corrected chi connectivity index (χ4v) is 5.47. The van der Waals surface area contributed by atoms with Crippen LogP contribution in [0.25, 0.3) is 4.85 Å². The number of sulfonamides is 1. The third kappa shape index (κ3) is 5.66. The summed E-state index contributed by atoms with van der Waals surface area (Å²) in [5.74, 6) is 1.19. The van der Waals surface area contributed by atoms with E-state index in [1.807, 2.05) is 6.92 Å². The molecule has 174 valence electrons. The van der Waals surface area contributed by atoms with Gasteiger partial charge in [0.25, 0.3) is 0 Å². The normalized spacial score (nSPS) is 15.0. The highest BCUT2D eigenvalue weighted by Gasteiger charge is 2.24. The number of anilines is 1. The molecule has 0 bridgehead atoms. The van der Waals surface area contributed by atoms with Gasteiger partial charge in [-0.2, -0.15) is 5.26 Å². The first kappa shape index (κ1) is 25.0. The summed E-state index contributed by atoms with van der Waals surface area (Å²) in [5, 5.41) is 10.5. The molecule has 1 aromatic heterocycles. The minimum atomic E-state index is -3.48. The van der Waals surface area contributed by atoms with Gasteiger partial charge in [0, 0.05) is 25.4 Å². The van der Waals surface area contributed by atoms with Gasteiger partial charge in [-0.1, -0.05) is 19.1 Å². The largest absolute Gasteiger partial charge is 0.364 e.